The quantitative estimate of drug-likeness (QED) is 0.522. The van der Waals surface area contributed by atoms with E-state index in [1.54, 1.807) is 0 Å². The standard InChI is InChI=1S/C16H25NOS/c1-2-8-16(14-19-12-7-6-11-18)17-13-15-9-4-3-5-10-15/h3-5,9-10,13,16,18H,2,6-8,11-12,14H2,1H3. The average molecular weight is 279 g/mol. The zero-order valence-corrected chi connectivity index (χ0v) is 12.6. The number of aliphatic hydroxyl groups is 1. The van der Waals surface area contributed by atoms with E-state index in [1.807, 2.05) is 36.2 Å². The molecule has 0 fully saturated rings. The van der Waals surface area contributed by atoms with Crippen LogP contribution in [0, 0.1) is 0 Å². The summed E-state index contributed by atoms with van der Waals surface area (Å²) in [6, 6.07) is 10.7. The Morgan fingerprint density at radius 3 is 2.74 bits per heavy atom. The number of nitrogens with zero attached hydrogens (tertiary/aromatic N) is 1. The Hall–Kier alpha value is -0.800. The molecule has 0 radical (unpaired) electrons. The highest BCUT2D eigenvalue weighted by Gasteiger charge is 2.04. The molecule has 0 aliphatic heterocycles. The van der Waals surface area contributed by atoms with Crippen LogP contribution in [0.5, 0.6) is 0 Å². The molecule has 1 N–H and O–H groups in total. The van der Waals surface area contributed by atoms with Gasteiger partial charge in [-0.15, -0.1) is 0 Å². The van der Waals surface area contributed by atoms with Gasteiger partial charge in [-0.25, -0.2) is 0 Å². The van der Waals surface area contributed by atoms with E-state index in [9.17, 15) is 0 Å². The van der Waals surface area contributed by atoms with E-state index < -0.39 is 0 Å². The maximum atomic E-state index is 8.74. The number of aliphatic imine (C=N–C) groups is 1. The van der Waals surface area contributed by atoms with Crippen molar-refractivity contribution in [3.05, 3.63) is 35.9 Å². The Morgan fingerprint density at radius 2 is 2.05 bits per heavy atom. The SMILES string of the molecule is CCCC(CSCCCCO)N=Cc1ccccc1. The fraction of sp³-hybridized carbons (Fsp3) is 0.562. The fourth-order valence-electron chi connectivity index (χ4n) is 1.80. The van der Waals surface area contributed by atoms with Crippen molar-refractivity contribution in [2.75, 3.05) is 18.1 Å². The topological polar surface area (TPSA) is 32.6 Å². The van der Waals surface area contributed by atoms with Crippen LogP contribution in [-0.4, -0.2) is 35.5 Å². The van der Waals surface area contributed by atoms with Crippen molar-refractivity contribution in [1.82, 2.24) is 0 Å². The third-order valence-corrected chi connectivity index (χ3v) is 4.06. The fourth-order valence-corrected chi connectivity index (χ4v) is 2.90. The normalized spacial score (nSPS) is 12.9. The van der Waals surface area contributed by atoms with Gasteiger partial charge in [-0.1, -0.05) is 43.7 Å². The van der Waals surface area contributed by atoms with Crippen molar-refractivity contribution < 1.29 is 5.11 Å². The Bertz CT molecular complexity index is 340. The molecule has 0 saturated carbocycles. The number of unbranched alkanes of at least 4 members (excludes halogenated alkanes) is 1. The second-order valence-corrected chi connectivity index (χ2v) is 5.79. The molecule has 1 atom stereocenters. The highest BCUT2D eigenvalue weighted by atomic mass is 32.2. The van der Waals surface area contributed by atoms with E-state index in [4.69, 9.17) is 10.1 Å². The minimum Gasteiger partial charge on any atom is -0.396 e. The van der Waals surface area contributed by atoms with Gasteiger partial charge in [0.1, 0.15) is 0 Å². The summed E-state index contributed by atoms with van der Waals surface area (Å²) in [4.78, 5) is 4.71. The molecule has 1 rings (SSSR count). The van der Waals surface area contributed by atoms with E-state index >= 15 is 0 Å². The molecule has 0 bridgehead atoms. The van der Waals surface area contributed by atoms with Gasteiger partial charge in [0.05, 0.1) is 6.04 Å². The third kappa shape index (κ3) is 8.06. The van der Waals surface area contributed by atoms with Crippen LogP contribution in [0.1, 0.15) is 38.2 Å². The Morgan fingerprint density at radius 1 is 1.26 bits per heavy atom. The van der Waals surface area contributed by atoms with Gasteiger partial charge >= 0.3 is 0 Å². The number of benzene rings is 1. The Labute approximate surface area is 121 Å². The second-order valence-electron chi connectivity index (χ2n) is 4.64. The Balaban J connectivity index is 2.33. The number of hydrogen-bond acceptors (Lipinski definition) is 3. The van der Waals surface area contributed by atoms with Gasteiger partial charge in [-0.2, -0.15) is 11.8 Å². The molecule has 3 heteroatoms. The molecule has 106 valence electrons. The lowest BCUT2D eigenvalue weighted by molar-refractivity contribution is 0.287. The van der Waals surface area contributed by atoms with Crippen LogP contribution >= 0.6 is 11.8 Å². The van der Waals surface area contributed by atoms with E-state index in [-0.39, 0.29) is 0 Å². The molecule has 0 spiro atoms. The van der Waals surface area contributed by atoms with Crippen LogP contribution < -0.4 is 0 Å². The molecule has 0 amide bonds. The molecular weight excluding hydrogens is 254 g/mol. The molecule has 0 saturated heterocycles. The summed E-state index contributed by atoms with van der Waals surface area (Å²) in [5, 5.41) is 8.74. The van der Waals surface area contributed by atoms with Gasteiger partial charge < -0.3 is 5.11 Å². The van der Waals surface area contributed by atoms with Crippen LogP contribution in [0.3, 0.4) is 0 Å². The minimum absolute atomic E-state index is 0.311. The van der Waals surface area contributed by atoms with Crippen molar-refractivity contribution in [3.8, 4) is 0 Å². The number of thioether (sulfide) groups is 1. The van der Waals surface area contributed by atoms with Gasteiger partial charge in [0, 0.05) is 18.6 Å². The second kappa shape index (κ2) is 11.1. The van der Waals surface area contributed by atoms with Crippen LogP contribution in [-0.2, 0) is 0 Å². The molecule has 0 aromatic heterocycles. The molecule has 19 heavy (non-hydrogen) atoms. The predicted octanol–water partition coefficient (Wildman–Crippen LogP) is 3.78. The van der Waals surface area contributed by atoms with Gasteiger partial charge in [0.25, 0.3) is 0 Å². The lowest BCUT2D eigenvalue weighted by Crippen LogP contribution is -2.08. The molecule has 0 aliphatic carbocycles. The lowest BCUT2D eigenvalue weighted by Gasteiger charge is -2.10. The van der Waals surface area contributed by atoms with Crippen LogP contribution in [0.2, 0.25) is 0 Å². The zero-order chi connectivity index (χ0) is 13.8. The van der Waals surface area contributed by atoms with Crippen molar-refractivity contribution in [1.29, 1.82) is 0 Å². The summed E-state index contributed by atoms with van der Waals surface area (Å²) in [7, 11) is 0. The summed E-state index contributed by atoms with van der Waals surface area (Å²) in [5.74, 6) is 2.21. The van der Waals surface area contributed by atoms with Gasteiger partial charge in [0.2, 0.25) is 0 Å². The first kappa shape index (κ1) is 16.3. The highest BCUT2D eigenvalue weighted by molar-refractivity contribution is 7.99. The molecule has 1 unspecified atom stereocenters. The Kier molecular flexibility index (Phi) is 9.46. The lowest BCUT2D eigenvalue weighted by atomic mass is 10.2. The van der Waals surface area contributed by atoms with Gasteiger partial charge in [-0.3, -0.25) is 4.99 Å². The van der Waals surface area contributed by atoms with E-state index in [1.165, 1.54) is 12.0 Å². The summed E-state index contributed by atoms with van der Waals surface area (Å²) < 4.78 is 0. The molecule has 0 aliphatic rings. The van der Waals surface area contributed by atoms with Crippen LogP contribution in [0.25, 0.3) is 0 Å². The highest BCUT2D eigenvalue weighted by Crippen LogP contribution is 2.13. The molecular formula is C16H25NOS. The third-order valence-electron chi connectivity index (χ3n) is 2.86. The average Bonchev–Trinajstić information content (AvgIpc) is 2.45. The van der Waals surface area contributed by atoms with E-state index in [2.05, 4.69) is 19.1 Å². The van der Waals surface area contributed by atoms with Gasteiger partial charge in [0.15, 0.2) is 0 Å². The number of rotatable bonds is 10. The predicted molar refractivity (Wildman–Crippen MR) is 86.4 cm³/mol. The molecule has 1 aromatic carbocycles. The number of aliphatic hydroxyl groups excluding tert-OH is 1. The molecule has 0 heterocycles. The first-order valence-corrected chi connectivity index (χ1v) is 8.29. The molecule has 2 nitrogen and oxygen atoms in total. The van der Waals surface area contributed by atoms with E-state index in [0.717, 1.165) is 30.8 Å². The van der Waals surface area contributed by atoms with Crippen molar-refractivity contribution >= 4 is 18.0 Å². The van der Waals surface area contributed by atoms with Crippen molar-refractivity contribution in [2.45, 2.75) is 38.6 Å². The monoisotopic (exact) mass is 279 g/mol. The summed E-state index contributed by atoms with van der Waals surface area (Å²) in [6.07, 6.45) is 6.33. The number of hydrogen-bond donors (Lipinski definition) is 1. The van der Waals surface area contributed by atoms with Crippen LogP contribution in [0.15, 0.2) is 35.3 Å². The minimum atomic E-state index is 0.311. The van der Waals surface area contributed by atoms with Crippen molar-refractivity contribution in [2.24, 2.45) is 4.99 Å². The zero-order valence-electron chi connectivity index (χ0n) is 11.8. The summed E-state index contributed by atoms with van der Waals surface area (Å²) in [6.45, 7) is 2.52. The largest absolute Gasteiger partial charge is 0.396 e. The maximum absolute atomic E-state index is 8.74. The first-order valence-electron chi connectivity index (χ1n) is 7.13. The van der Waals surface area contributed by atoms with Crippen LogP contribution in [0.4, 0.5) is 0 Å². The summed E-state index contributed by atoms with van der Waals surface area (Å²) >= 11 is 1.95. The molecule has 1 aromatic rings. The first-order chi connectivity index (χ1) is 9.36. The smallest absolute Gasteiger partial charge is 0.0590 e. The van der Waals surface area contributed by atoms with E-state index in [0.29, 0.717) is 12.6 Å². The summed E-state index contributed by atoms with van der Waals surface area (Å²) in [5.41, 5.74) is 1.17. The van der Waals surface area contributed by atoms with Gasteiger partial charge in [-0.05, 0) is 30.6 Å². The van der Waals surface area contributed by atoms with Crippen molar-refractivity contribution in [3.63, 3.8) is 0 Å². The maximum Gasteiger partial charge on any atom is 0.0590 e.